The largest absolute Gasteiger partial charge is 0.496 e. The third-order valence-corrected chi connectivity index (χ3v) is 5.88. The third-order valence-electron chi connectivity index (χ3n) is 5.02. The van der Waals surface area contributed by atoms with E-state index < -0.39 is 17.7 Å². The van der Waals surface area contributed by atoms with Crippen LogP contribution in [0.2, 0.25) is 0 Å². The van der Waals surface area contributed by atoms with Crippen molar-refractivity contribution >= 4 is 29.3 Å². The Bertz CT molecular complexity index is 1000. The molecule has 0 amide bonds. The molecule has 0 atom stereocenters. The molecular weight excluding hydrogens is 431 g/mol. The lowest BCUT2D eigenvalue weighted by atomic mass is 9.98. The van der Waals surface area contributed by atoms with Gasteiger partial charge in [0.2, 0.25) is 0 Å². The average Bonchev–Trinajstić information content (AvgIpc) is 2.76. The number of ether oxygens (including phenoxy) is 1. The Kier molecular flexibility index (Phi) is 6.85. The van der Waals surface area contributed by atoms with Crippen molar-refractivity contribution in [3.63, 3.8) is 0 Å². The van der Waals surface area contributed by atoms with E-state index in [9.17, 15) is 23.1 Å². The van der Waals surface area contributed by atoms with Crippen LogP contribution in [0, 0.1) is 17.2 Å². The Balaban J connectivity index is 1.91. The number of piperidine rings is 1. The van der Waals surface area contributed by atoms with Gasteiger partial charge < -0.3 is 19.5 Å². The number of methoxy groups -OCH3 is 1. The first-order chi connectivity index (χ1) is 14.7. The molecule has 0 aliphatic carbocycles. The van der Waals surface area contributed by atoms with Gasteiger partial charge in [-0.3, -0.25) is 0 Å². The topological polar surface area (TPSA) is 85.6 Å². The summed E-state index contributed by atoms with van der Waals surface area (Å²) in [5, 5.41) is 18.3. The van der Waals surface area contributed by atoms with E-state index in [-0.39, 0.29) is 17.2 Å². The third kappa shape index (κ3) is 5.35. The van der Waals surface area contributed by atoms with Gasteiger partial charge in [-0.25, -0.2) is 4.79 Å². The molecule has 2 aromatic rings. The Hall–Kier alpha value is -3.06. The normalized spacial score (nSPS) is 14.7. The van der Waals surface area contributed by atoms with Gasteiger partial charge in [0.05, 0.1) is 40.6 Å². The number of anilines is 2. The van der Waals surface area contributed by atoms with E-state index in [0.29, 0.717) is 42.3 Å². The number of nitrogens with zero attached hydrogens (tertiary/aromatic N) is 2. The van der Waals surface area contributed by atoms with E-state index in [1.165, 1.54) is 31.4 Å². The molecule has 0 spiro atoms. The van der Waals surface area contributed by atoms with Crippen LogP contribution in [0.5, 0.6) is 5.75 Å². The number of aromatic carboxylic acids is 1. The maximum absolute atomic E-state index is 13.3. The molecule has 3 rings (SSSR count). The number of hydrogen-bond acceptors (Lipinski definition) is 6. The number of carboxylic acids is 1. The van der Waals surface area contributed by atoms with Crippen LogP contribution >= 0.6 is 11.9 Å². The molecule has 1 fully saturated rings. The predicted molar refractivity (Wildman–Crippen MR) is 111 cm³/mol. The molecule has 0 bridgehead atoms. The molecule has 1 saturated heterocycles. The number of nitriles is 1. The highest BCUT2D eigenvalue weighted by atomic mass is 32.2. The molecule has 1 heterocycles. The predicted octanol–water partition coefficient (Wildman–Crippen LogP) is 5.27. The number of benzene rings is 2. The minimum absolute atomic E-state index is 0.0351. The average molecular weight is 451 g/mol. The molecule has 10 heteroatoms. The van der Waals surface area contributed by atoms with Crippen molar-refractivity contribution in [2.45, 2.75) is 23.9 Å². The van der Waals surface area contributed by atoms with Crippen LogP contribution in [0.4, 0.5) is 24.5 Å². The van der Waals surface area contributed by atoms with Crippen molar-refractivity contribution in [1.29, 1.82) is 5.26 Å². The molecule has 0 radical (unpaired) electrons. The SMILES string of the molecule is COc1ccc(C(=O)O)cc1SNc1cc(C(F)(F)F)ccc1N1CCC(C#N)CC1. The summed E-state index contributed by atoms with van der Waals surface area (Å²) in [4.78, 5) is 13.6. The summed E-state index contributed by atoms with van der Waals surface area (Å²) in [6.45, 7) is 1.11. The highest BCUT2D eigenvalue weighted by Crippen LogP contribution is 2.39. The van der Waals surface area contributed by atoms with E-state index in [1.807, 2.05) is 4.90 Å². The Morgan fingerprint density at radius 2 is 1.97 bits per heavy atom. The zero-order valence-corrected chi connectivity index (χ0v) is 17.4. The molecule has 6 nitrogen and oxygen atoms in total. The second kappa shape index (κ2) is 9.39. The number of rotatable bonds is 6. The monoisotopic (exact) mass is 451 g/mol. The fraction of sp³-hybridized carbons (Fsp3) is 0.333. The van der Waals surface area contributed by atoms with Gasteiger partial charge >= 0.3 is 12.1 Å². The molecule has 164 valence electrons. The summed E-state index contributed by atoms with van der Waals surface area (Å²) in [5.41, 5.74) is 0.0775. The van der Waals surface area contributed by atoms with E-state index in [4.69, 9.17) is 10.00 Å². The first-order valence-corrected chi connectivity index (χ1v) is 10.2. The van der Waals surface area contributed by atoms with Crippen molar-refractivity contribution in [1.82, 2.24) is 0 Å². The minimum Gasteiger partial charge on any atom is -0.496 e. The van der Waals surface area contributed by atoms with Crippen LogP contribution in [-0.4, -0.2) is 31.3 Å². The van der Waals surface area contributed by atoms with Crippen LogP contribution in [-0.2, 0) is 6.18 Å². The Labute approximate surface area is 181 Å². The lowest BCUT2D eigenvalue weighted by molar-refractivity contribution is -0.137. The van der Waals surface area contributed by atoms with Crippen LogP contribution in [0.15, 0.2) is 41.3 Å². The molecule has 0 unspecified atom stereocenters. The summed E-state index contributed by atoms with van der Waals surface area (Å²) in [5.74, 6) is -0.782. The van der Waals surface area contributed by atoms with Gasteiger partial charge in [-0.05, 0) is 61.2 Å². The lowest BCUT2D eigenvalue weighted by Crippen LogP contribution is -2.33. The Morgan fingerprint density at radius 1 is 1.26 bits per heavy atom. The van der Waals surface area contributed by atoms with Crippen LogP contribution in [0.1, 0.15) is 28.8 Å². The van der Waals surface area contributed by atoms with E-state index in [2.05, 4.69) is 10.8 Å². The minimum atomic E-state index is -4.51. The summed E-state index contributed by atoms with van der Waals surface area (Å²) in [6, 6.07) is 10.0. The van der Waals surface area contributed by atoms with Gasteiger partial charge in [0.1, 0.15) is 5.75 Å². The molecule has 2 N–H and O–H groups in total. The van der Waals surface area contributed by atoms with Crippen LogP contribution in [0.25, 0.3) is 0 Å². The molecule has 0 aromatic heterocycles. The zero-order valence-electron chi connectivity index (χ0n) is 16.6. The highest BCUT2D eigenvalue weighted by molar-refractivity contribution is 8.00. The number of nitrogens with one attached hydrogen (secondary N) is 1. The first kappa shape index (κ1) is 22.6. The summed E-state index contributed by atoms with van der Waals surface area (Å²) in [7, 11) is 1.43. The van der Waals surface area contributed by atoms with Crippen molar-refractivity contribution in [2.24, 2.45) is 5.92 Å². The lowest BCUT2D eigenvalue weighted by Gasteiger charge is -2.32. The fourth-order valence-electron chi connectivity index (χ4n) is 3.32. The van der Waals surface area contributed by atoms with Crippen molar-refractivity contribution in [3.8, 4) is 11.8 Å². The molecular formula is C21H20F3N3O3S. The summed E-state index contributed by atoms with van der Waals surface area (Å²) in [6.07, 6.45) is -3.23. The van der Waals surface area contributed by atoms with E-state index in [0.717, 1.165) is 24.1 Å². The van der Waals surface area contributed by atoms with Crippen LogP contribution in [0.3, 0.4) is 0 Å². The molecule has 1 aliphatic rings. The molecule has 31 heavy (non-hydrogen) atoms. The second-order valence-electron chi connectivity index (χ2n) is 7.00. The Morgan fingerprint density at radius 3 is 2.55 bits per heavy atom. The first-order valence-electron chi connectivity index (χ1n) is 9.43. The molecule has 2 aromatic carbocycles. The van der Waals surface area contributed by atoms with Crippen molar-refractivity contribution in [3.05, 3.63) is 47.5 Å². The van der Waals surface area contributed by atoms with E-state index in [1.54, 1.807) is 0 Å². The summed E-state index contributed by atoms with van der Waals surface area (Å²) < 4.78 is 48.1. The van der Waals surface area contributed by atoms with Crippen LogP contribution < -0.4 is 14.4 Å². The quantitative estimate of drug-likeness (QED) is 0.579. The smallest absolute Gasteiger partial charge is 0.416 e. The zero-order chi connectivity index (χ0) is 22.6. The van der Waals surface area contributed by atoms with Gasteiger partial charge in [0.15, 0.2) is 0 Å². The standard InChI is InChI=1S/C21H20F3N3O3S/c1-30-18-5-2-14(20(28)29)10-19(18)31-26-16-11-15(21(22,23)24)3-4-17(16)27-8-6-13(12-25)7-9-27/h2-5,10-11,13,26H,6-9H2,1H3,(H,28,29). The van der Waals surface area contributed by atoms with Gasteiger partial charge in [-0.15, -0.1) is 0 Å². The van der Waals surface area contributed by atoms with Gasteiger partial charge in [-0.1, -0.05) is 0 Å². The maximum atomic E-state index is 13.3. The van der Waals surface area contributed by atoms with Crippen molar-refractivity contribution in [2.75, 3.05) is 29.8 Å². The summed E-state index contributed by atoms with van der Waals surface area (Å²) >= 11 is 0.974. The molecule has 1 aliphatic heterocycles. The van der Waals surface area contributed by atoms with Gasteiger partial charge in [0, 0.05) is 19.0 Å². The molecule has 0 saturated carbocycles. The van der Waals surface area contributed by atoms with E-state index >= 15 is 0 Å². The number of carbonyl (C=O) groups is 1. The second-order valence-corrected chi connectivity index (χ2v) is 7.84. The number of halogens is 3. The number of hydrogen-bond donors (Lipinski definition) is 2. The van der Waals surface area contributed by atoms with Gasteiger partial charge in [-0.2, -0.15) is 18.4 Å². The number of alkyl halides is 3. The highest BCUT2D eigenvalue weighted by Gasteiger charge is 2.32. The number of carboxylic acid groups (broad SMARTS) is 1. The van der Waals surface area contributed by atoms with Crippen molar-refractivity contribution < 1.29 is 27.8 Å². The fourth-order valence-corrected chi connectivity index (χ4v) is 4.14. The maximum Gasteiger partial charge on any atom is 0.416 e. The van der Waals surface area contributed by atoms with Gasteiger partial charge in [0.25, 0.3) is 0 Å².